The second-order valence-corrected chi connectivity index (χ2v) is 8.29. The first-order valence-electron chi connectivity index (χ1n) is 11.2. The summed E-state index contributed by atoms with van der Waals surface area (Å²) in [4.78, 5) is 18.0. The number of carboxylic acids is 1. The number of ether oxygens (including phenoxy) is 1. The Balaban J connectivity index is 1.34. The molecule has 5 heteroatoms. The van der Waals surface area contributed by atoms with E-state index in [1.807, 2.05) is 36.5 Å². The molecular weight excluding hydrogens is 412 g/mol. The lowest BCUT2D eigenvalue weighted by Gasteiger charge is -2.28. The lowest BCUT2D eigenvalue weighted by Crippen LogP contribution is -2.30. The molecule has 1 atom stereocenters. The van der Waals surface area contributed by atoms with Gasteiger partial charge in [0.2, 0.25) is 0 Å². The number of carbonyl (C=O) groups is 1. The Labute approximate surface area is 195 Å². The molecule has 1 aliphatic heterocycles. The lowest BCUT2D eigenvalue weighted by molar-refractivity contribution is -0.137. The van der Waals surface area contributed by atoms with Crippen molar-refractivity contribution in [2.75, 3.05) is 6.54 Å². The van der Waals surface area contributed by atoms with E-state index in [9.17, 15) is 4.79 Å². The SMILES string of the molecule is CC#CC(CC(=O)O)c1ccc(OCc2cccc(CN3CCc4ncccc4C3)c2)cc1. The second-order valence-electron chi connectivity index (χ2n) is 8.29. The van der Waals surface area contributed by atoms with E-state index < -0.39 is 5.97 Å². The van der Waals surface area contributed by atoms with Gasteiger partial charge in [-0.15, -0.1) is 5.92 Å². The van der Waals surface area contributed by atoms with Crippen LogP contribution in [0.3, 0.4) is 0 Å². The molecule has 3 aromatic rings. The van der Waals surface area contributed by atoms with Crippen molar-refractivity contribution in [3.05, 3.63) is 94.8 Å². The summed E-state index contributed by atoms with van der Waals surface area (Å²) in [5.74, 6) is 5.38. The van der Waals surface area contributed by atoms with Crippen LogP contribution in [0.5, 0.6) is 5.75 Å². The highest BCUT2D eigenvalue weighted by atomic mass is 16.5. The molecule has 168 valence electrons. The van der Waals surface area contributed by atoms with Gasteiger partial charge in [-0.25, -0.2) is 0 Å². The molecule has 1 aromatic heterocycles. The summed E-state index contributed by atoms with van der Waals surface area (Å²) in [6, 6.07) is 20.2. The molecule has 2 aromatic carbocycles. The zero-order chi connectivity index (χ0) is 23.0. The highest BCUT2D eigenvalue weighted by Crippen LogP contribution is 2.23. The lowest BCUT2D eigenvalue weighted by atomic mass is 9.96. The third kappa shape index (κ3) is 6.21. The minimum atomic E-state index is -0.853. The molecule has 1 N–H and O–H groups in total. The van der Waals surface area contributed by atoms with E-state index in [0.717, 1.165) is 42.9 Å². The molecule has 0 saturated heterocycles. The van der Waals surface area contributed by atoms with Gasteiger partial charge in [0, 0.05) is 37.9 Å². The molecule has 0 amide bonds. The maximum atomic E-state index is 11.1. The molecule has 0 fully saturated rings. The fourth-order valence-electron chi connectivity index (χ4n) is 4.20. The molecule has 2 heterocycles. The maximum Gasteiger partial charge on any atom is 0.304 e. The van der Waals surface area contributed by atoms with Crippen LogP contribution in [0, 0.1) is 11.8 Å². The normalized spacial score (nSPS) is 14.0. The number of pyridine rings is 1. The Morgan fingerprint density at radius 2 is 1.97 bits per heavy atom. The van der Waals surface area contributed by atoms with E-state index in [-0.39, 0.29) is 12.3 Å². The zero-order valence-corrected chi connectivity index (χ0v) is 18.8. The van der Waals surface area contributed by atoms with Gasteiger partial charge in [0.05, 0.1) is 12.3 Å². The van der Waals surface area contributed by atoms with Gasteiger partial charge in [-0.1, -0.05) is 48.4 Å². The molecule has 1 aliphatic rings. The molecule has 0 saturated carbocycles. The van der Waals surface area contributed by atoms with Gasteiger partial charge < -0.3 is 9.84 Å². The Kier molecular flexibility index (Phi) is 7.39. The van der Waals surface area contributed by atoms with Crippen molar-refractivity contribution in [2.24, 2.45) is 0 Å². The van der Waals surface area contributed by atoms with Crippen molar-refractivity contribution >= 4 is 5.97 Å². The summed E-state index contributed by atoms with van der Waals surface area (Å²) in [6.07, 6.45) is 2.86. The van der Waals surface area contributed by atoms with Crippen LogP contribution in [-0.2, 0) is 30.9 Å². The fraction of sp³-hybridized carbons (Fsp3) is 0.286. The molecule has 0 spiro atoms. The zero-order valence-electron chi connectivity index (χ0n) is 18.8. The molecule has 0 aliphatic carbocycles. The number of carboxylic acid groups (broad SMARTS) is 1. The van der Waals surface area contributed by atoms with Gasteiger partial charge in [0.15, 0.2) is 0 Å². The van der Waals surface area contributed by atoms with E-state index in [4.69, 9.17) is 9.84 Å². The number of fused-ring (bicyclic) bond motifs is 1. The largest absolute Gasteiger partial charge is 0.489 e. The van der Waals surface area contributed by atoms with Gasteiger partial charge in [-0.2, -0.15) is 0 Å². The highest BCUT2D eigenvalue weighted by Gasteiger charge is 2.17. The van der Waals surface area contributed by atoms with Crippen molar-refractivity contribution in [2.45, 2.75) is 45.4 Å². The smallest absolute Gasteiger partial charge is 0.304 e. The second kappa shape index (κ2) is 10.8. The Bertz CT molecular complexity index is 1160. The number of benzene rings is 2. The minimum absolute atomic E-state index is 0.00699. The van der Waals surface area contributed by atoms with Crippen molar-refractivity contribution < 1.29 is 14.6 Å². The van der Waals surface area contributed by atoms with Crippen LogP contribution in [0.2, 0.25) is 0 Å². The molecular formula is C28H28N2O3. The Morgan fingerprint density at radius 3 is 2.76 bits per heavy atom. The van der Waals surface area contributed by atoms with Crippen LogP contribution in [0.1, 0.15) is 47.2 Å². The number of hydrogen-bond donors (Lipinski definition) is 1. The van der Waals surface area contributed by atoms with Crippen LogP contribution in [-0.4, -0.2) is 27.5 Å². The first-order valence-corrected chi connectivity index (χ1v) is 11.2. The van der Waals surface area contributed by atoms with Gasteiger partial charge in [0.25, 0.3) is 0 Å². The molecule has 33 heavy (non-hydrogen) atoms. The van der Waals surface area contributed by atoms with E-state index in [1.54, 1.807) is 6.92 Å². The number of nitrogens with zero attached hydrogens (tertiary/aromatic N) is 2. The quantitative estimate of drug-likeness (QED) is 0.510. The van der Waals surface area contributed by atoms with Crippen molar-refractivity contribution in [1.82, 2.24) is 9.88 Å². The van der Waals surface area contributed by atoms with Crippen molar-refractivity contribution in [3.63, 3.8) is 0 Å². The summed E-state index contributed by atoms with van der Waals surface area (Å²) < 4.78 is 5.99. The number of hydrogen-bond acceptors (Lipinski definition) is 4. The van der Waals surface area contributed by atoms with Crippen LogP contribution in [0.4, 0.5) is 0 Å². The van der Waals surface area contributed by atoms with E-state index in [2.05, 4.69) is 52.1 Å². The monoisotopic (exact) mass is 440 g/mol. The Morgan fingerprint density at radius 1 is 1.15 bits per heavy atom. The maximum absolute atomic E-state index is 11.1. The van der Waals surface area contributed by atoms with Gasteiger partial charge in [0.1, 0.15) is 12.4 Å². The van der Waals surface area contributed by atoms with Crippen LogP contribution in [0.25, 0.3) is 0 Å². The highest BCUT2D eigenvalue weighted by molar-refractivity contribution is 5.69. The van der Waals surface area contributed by atoms with E-state index in [0.29, 0.717) is 6.61 Å². The Hall–Kier alpha value is -3.62. The van der Waals surface area contributed by atoms with Crippen LogP contribution >= 0.6 is 0 Å². The minimum Gasteiger partial charge on any atom is -0.489 e. The molecule has 5 nitrogen and oxygen atoms in total. The van der Waals surface area contributed by atoms with Crippen LogP contribution in [0.15, 0.2) is 66.9 Å². The fourth-order valence-corrected chi connectivity index (χ4v) is 4.20. The summed E-state index contributed by atoms with van der Waals surface area (Å²) in [7, 11) is 0. The third-order valence-electron chi connectivity index (χ3n) is 5.83. The number of aromatic nitrogens is 1. The van der Waals surface area contributed by atoms with Crippen molar-refractivity contribution in [1.29, 1.82) is 0 Å². The van der Waals surface area contributed by atoms with E-state index >= 15 is 0 Å². The number of rotatable bonds is 8. The molecule has 4 rings (SSSR count). The summed E-state index contributed by atoms with van der Waals surface area (Å²) in [5, 5.41) is 9.11. The van der Waals surface area contributed by atoms with Gasteiger partial charge in [-0.05, 0) is 47.4 Å². The van der Waals surface area contributed by atoms with Crippen molar-refractivity contribution in [3.8, 4) is 17.6 Å². The number of aliphatic carboxylic acids is 1. The predicted molar refractivity (Wildman–Crippen MR) is 128 cm³/mol. The first kappa shape index (κ1) is 22.6. The molecule has 0 radical (unpaired) electrons. The first-order chi connectivity index (χ1) is 16.1. The summed E-state index contributed by atoms with van der Waals surface area (Å²) >= 11 is 0. The average Bonchev–Trinajstić information content (AvgIpc) is 2.83. The summed E-state index contributed by atoms with van der Waals surface area (Å²) in [5.41, 5.74) is 5.82. The van der Waals surface area contributed by atoms with Crippen LogP contribution < -0.4 is 4.74 Å². The average molecular weight is 441 g/mol. The topological polar surface area (TPSA) is 62.7 Å². The summed E-state index contributed by atoms with van der Waals surface area (Å²) in [6.45, 7) is 5.05. The molecule has 0 bridgehead atoms. The standard InChI is InChI=1S/C28H28N2O3/c1-2-5-24(17-28(31)32)23-9-11-26(12-10-23)33-20-22-7-3-6-21(16-22)18-30-15-13-27-25(19-30)8-4-14-29-27/h3-4,6-12,14,16,24H,13,15,17-20H2,1H3,(H,31,32). The van der Waals surface area contributed by atoms with Gasteiger partial charge in [-0.3, -0.25) is 14.7 Å². The predicted octanol–water partition coefficient (Wildman–Crippen LogP) is 4.80. The van der Waals surface area contributed by atoms with Gasteiger partial charge >= 0.3 is 5.97 Å². The van der Waals surface area contributed by atoms with E-state index in [1.165, 1.54) is 16.8 Å². The third-order valence-corrected chi connectivity index (χ3v) is 5.83. The molecule has 1 unspecified atom stereocenters.